The zero-order chi connectivity index (χ0) is 23.5. The molecule has 1 unspecified atom stereocenters. The van der Waals surface area contributed by atoms with E-state index in [1.807, 2.05) is 42.5 Å². The predicted molar refractivity (Wildman–Crippen MR) is 129 cm³/mol. The Kier molecular flexibility index (Phi) is 6.83. The molecule has 3 aromatic carbocycles. The van der Waals surface area contributed by atoms with Crippen molar-refractivity contribution in [2.45, 2.75) is 61.6 Å². The van der Waals surface area contributed by atoms with Crippen LogP contribution >= 0.6 is 0 Å². The third-order valence-electron chi connectivity index (χ3n) is 6.48. The third-order valence-corrected chi connectivity index (χ3v) is 8.01. The number of hydrogen-bond donors (Lipinski definition) is 3. The van der Waals surface area contributed by atoms with E-state index in [4.69, 9.17) is 0 Å². The third kappa shape index (κ3) is 5.11. The number of amides is 1. The van der Waals surface area contributed by atoms with Gasteiger partial charge in [0, 0.05) is 0 Å². The normalized spacial score (nSPS) is 17.9. The molecule has 0 bridgehead atoms. The van der Waals surface area contributed by atoms with Crippen molar-refractivity contribution in [3.05, 3.63) is 78.4 Å². The largest absolute Gasteiger partial charge is 0.386 e. The van der Waals surface area contributed by atoms with Crippen molar-refractivity contribution in [3.8, 4) is 0 Å². The van der Waals surface area contributed by atoms with E-state index in [-0.39, 0.29) is 4.90 Å². The second-order valence-corrected chi connectivity index (χ2v) is 10.6. The highest BCUT2D eigenvalue weighted by Gasteiger charge is 2.43. The minimum Gasteiger partial charge on any atom is -0.386 e. The molecule has 3 aromatic rings. The molecule has 0 spiro atoms. The fraction of sp³-hybridized carbons (Fsp3) is 0.346. The van der Waals surface area contributed by atoms with Crippen molar-refractivity contribution in [1.29, 1.82) is 0 Å². The summed E-state index contributed by atoms with van der Waals surface area (Å²) in [6.07, 6.45) is 2.40. The smallest absolute Gasteiger partial charge is 0.241 e. The molecule has 0 radical (unpaired) electrons. The molecule has 0 heterocycles. The Morgan fingerprint density at radius 2 is 1.55 bits per heavy atom. The predicted octanol–water partition coefficient (Wildman–Crippen LogP) is 4.06. The summed E-state index contributed by atoms with van der Waals surface area (Å²) in [5, 5.41) is 15.3. The Labute approximate surface area is 195 Å². The van der Waals surface area contributed by atoms with Gasteiger partial charge in [-0.25, -0.2) is 8.42 Å². The van der Waals surface area contributed by atoms with Crippen LogP contribution in [0.5, 0.6) is 0 Å². The van der Waals surface area contributed by atoms with Crippen LogP contribution in [0.25, 0.3) is 10.8 Å². The van der Waals surface area contributed by atoms with Crippen LogP contribution in [0.2, 0.25) is 0 Å². The number of nitrogens with one attached hydrogen (secondary N) is 2. The molecule has 2 atom stereocenters. The fourth-order valence-corrected chi connectivity index (χ4v) is 6.00. The van der Waals surface area contributed by atoms with Crippen molar-refractivity contribution >= 4 is 26.7 Å². The van der Waals surface area contributed by atoms with Crippen LogP contribution in [0.3, 0.4) is 0 Å². The zero-order valence-electron chi connectivity index (χ0n) is 18.7. The van der Waals surface area contributed by atoms with Crippen LogP contribution in [-0.4, -0.2) is 31.0 Å². The van der Waals surface area contributed by atoms with Gasteiger partial charge in [-0.05, 0) is 48.2 Å². The molecule has 1 aliphatic rings. The fourth-order valence-electron chi connectivity index (χ4n) is 4.54. The van der Waals surface area contributed by atoms with Gasteiger partial charge in [-0.1, -0.05) is 79.9 Å². The number of sulfonamides is 1. The number of hydrogen-bond acceptors (Lipinski definition) is 4. The summed E-state index contributed by atoms with van der Waals surface area (Å²) >= 11 is 0. The first-order valence-corrected chi connectivity index (χ1v) is 12.9. The van der Waals surface area contributed by atoms with Gasteiger partial charge in [-0.15, -0.1) is 0 Å². The lowest BCUT2D eigenvalue weighted by Crippen LogP contribution is -2.61. The first kappa shape index (κ1) is 23.4. The molecule has 1 saturated carbocycles. The van der Waals surface area contributed by atoms with E-state index < -0.39 is 33.6 Å². The van der Waals surface area contributed by atoms with Gasteiger partial charge in [-0.3, -0.25) is 4.79 Å². The van der Waals surface area contributed by atoms with E-state index >= 15 is 0 Å². The maximum Gasteiger partial charge on any atom is 0.241 e. The Morgan fingerprint density at radius 3 is 2.24 bits per heavy atom. The van der Waals surface area contributed by atoms with Crippen LogP contribution in [0.15, 0.2) is 77.7 Å². The lowest BCUT2D eigenvalue weighted by atomic mass is 9.81. The molecule has 1 aliphatic carbocycles. The maximum atomic E-state index is 13.4. The molecular formula is C26H30N2O4S. The topological polar surface area (TPSA) is 95.5 Å². The summed E-state index contributed by atoms with van der Waals surface area (Å²) in [5.74, 6) is -0.394. The standard InChI is InChI=1S/C26H30N2O4S/c1-19(24(29)21-11-4-2-5-12-21)27-25(30)26(16-8-3-9-17-26)28-33(31,32)23-15-14-20-10-6-7-13-22(20)18-23/h2,4-7,10-15,18-19,24,28-29H,3,8-9,16-17H2,1H3,(H,27,30)/t19-,24?/m0/s1. The molecule has 6 nitrogen and oxygen atoms in total. The van der Waals surface area contributed by atoms with Gasteiger partial charge in [0.15, 0.2) is 0 Å². The Morgan fingerprint density at radius 1 is 0.909 bits per heavy atom. The molecule has 3 N–H and O–H groups in total. The van der Waals surface area contributed by atoms with Gasteiger partial charge in [0.25, 0.3) is 0 Å². The molecule has 174 valence electrons. The molecule has 0 saturated heterocycles. The van der Waals surface area contributed by atoms with E-state index in [0.29, 0.717) is 18.4 Å². The van der Waals surface area contributed by atoms with Crippen LogP contribution in [0, 0.1) is 0 Å². The van der Waals surface area contributed by atoms with Gasteiger partial charge in [0.2, 0.25) is 15.9 Å². The number of aliphatic hydroxyl groups is 1. The number of rotatable bonds is 7. The molecule has 1 amide bonds. The quantitative estimate of drug-likeness (QED) is 0.489. The monoisotopic (exact) mass is 466 g/mol. The minimum atomic E-state index is -3.94. The van der Waals surface area contributed by atoms with Crippen LogP contribution in [-0.2, 0) is 14.8 Å². The Bertz CT molecular complexity index is 1220. The summed E-state index contributed by atoms with van der Waals surface area (Å²) in [5.41, 5.74) is -0.548. The average molecular weight is 467 g/mol. The van der Waals surface area contributed by atoms with Crippen molar-refractivity contribution in [2.24, 2.45) is 0 Å². The zero-order valence-corrected chi connectivity index (χ0v) is 19.5. The van der Waals surface area contributed by atoms with E-state index in [0.717, 1.165) is 30.0 Å². The van der Waals surface area contributed by atoms with Crippen LogP contribution in [0.1, 0.15) is 50.7 Å². The van der Waals surface area contributed by atoms with Gasteiger partial charge in [0.05, 0.1) is 17.0 Å². The molecule has 7 heteroatoms. The summed E-state index contributed by atoms with van der Waals surface area (Å²) in [6.45, 7) is 1.73. The SMILES string of the molecule is C[C@H](NC(=O)C1(NS(=O)(=O)c2ccc3ccccc3c2)CCCCC1)C(O)c1ccccc1. The highest BCUT2D eigenvalue weighted by atomic mass is 32.2. The lowest BCUT2D eigenvalue weighted by molar-refractivity contribution is -0.129. The molecule has 33 heavy (non-hydrogen) atoms. The van der Waals surface area contributed by atoms with Gasteiger partial charge < -0.3 is 10.4 Å². The molecule has 0 aliphatic heterocycles. The Balaban J connectivity index is 1.57. The number of aliphatic hydroxyl groups excluding tert-OH is 1. The lowest BCUT2D eigenvalue weighted by Gasteiger charge is -2.37. The average Bonchev–Trinajstić information content (AvgIpc) is 2.84. The van der Waals surface area contributed by atoms with E-state index in [9.17, 15) is 18.3 Å². The van der Waals surface area contributed by atoms with E-state index in [1.165, 1.54) is 0 Å². The van der Waals surface area contributed by atoms with Crippen molar-refractivity contribution in [2.75, 3.05) is 0 Å². The second kappa shape index (κ2) is 9.63. The van der Waals surface area contributed by atoms with Gasteiger partial charge in [0.1, 0.15) is 5.54 Å². The molecular weight excluding hydrogens is 436 g/mol. The van der Waals surface area contributed by atoms with E-state index in [2.05, 4.69) is 10.0 Å². The summed E-state index contributed by atoms with van der Waals surface area (Å²) in [6, 6.07) is 21.1. The Hall–Kier alpha value is -2.74. The van der Waals surface area contributed by atoms with Crippen LogP contribution < -0.4 is 10.0 Å². The van der Waals surface area contributed by atoms with Crippen molar-refractivity contribution in [3.63, 3.8) is 0 Å². The van der Waals surface area contributed by atoms with E-state index in [1.54, 1.807) is 37.3 Å². The molecule has 0 aromatic heterocycles. The second-order valence-electron chi connectivity index (χ2n) is 8.87. The van der Waals surface area contributed by atoms with Gasteiger partial charge in [-0.2, -0.15) is 4.72 Å². The summed E-state index contributed by atoms with van der Waals surface area (Å²) in [7, 11) is -3.94. The number of benzene rings is 3. The molecule has 1 fully saturated rings. The summed E-state index contributed by atoms with van der Waals surface area (Å²) < 4.78 is 29.5. The first-order chi connectivity index (χ1) is 15.8. The minimum absolute atomic E-state index is 0.135. The molecule has 4 rings (SSSR count). The highest BCUT2D eigenvalue weighted by Crippen LogP contribution is 2.31. The summed E-state index contributed by atoms with van der Waals surface area (Å²) in [4.78, 5) is 13.6. The number of carbonyl (C=O) groups excluding carboxylic acids is 1. The number of carbonyl (C=O) groups is 1. The first-order valence-electron chi connectivity index (χ1n) is 11.4. The maximum absolute atomic E-state index is 13.4. The van der Waals surface area contributed by atoms with Gasteiger partial charge >= 0.3 is 0 Å². The highest BCUT2D eigenvalue weighted by molar-refractivity contribution is 7.89. The number of fused-ring (bicyclic) bond motifs is 1. The van der Waals surface area contributed by atoms with Crippen molar-refractivity contribution < 1.29 is 18.3 Å². The van der Waals surface area contributed by atoms with Crippen molar-refractivity contribution in [1.82, 2.24) is 10.0 Å². The van der Waals surface area contributed by atoms with Crippen LogP contribution in [0.4, 0.5) is 0 Å².